The van der Waals surface area contributed by atoms with E-state index in [0.717, 1.165) is 0 Å². The van der Waals surface area contributed by atoms with Crippen molar-refractivity contribution < 1.29 is 17.6 Å². The molecule has 0 saturated carbocycles. The van der Waals surface area contributed by atoms with Crippen LogP contribution in [0.25, 0.3) is 0 Å². The van der Waals surface area contributed by atoms with Gasteiger partial charge in [-0.1, -0.05) is 11.6 Å². The topological polar surface area (TPSA) is 68.5 Å². The molecule has 1 aromatic heterocycles. The monoisotopic (exact) mass is 301 g/mol. The second-order valence-electron chi connectivity index (χ2n) is 3.70. The van der Waals surface area contributed by atoms with E-state index in [1.54, 1.807) is 12.1 Å². The number of methoxy groups -OCH3 is 1. The summed E-state index contributed by atoms with van der Waals surface area (Å²) in [6.07, 6.45) is 1.48. The number of ether oxygens (including phenoxy) is 1. The Morgan fingerprint density at radius 2 is 2.16 bits per heavy atom. The minimum absolute atomic E-state index is 0.00141. The molecule has 0 amide bonds. The van der Waals surface area contributed by atoms with Crippen molar-refractivity contribution >= 4 is 21.6 Å². The third kappa shape index (κ3) is 3.28. The number of halogens is 1. The molecule has 0 radical (unpaired) electrons. The average Bonchev–Trinajstić information content (AvgIpc) is 2.89. The quantitative estimate of drug-likeness (QED) is 0.921. The smallest absolute Gasteiger partial charge is 0.242 e. The molecule has 1 N–H and O–H groups in total. The highest BCUT2D eigenvalue weighted by Gasteiger charge is 2.18. The highest BCUT2D eigenvalue weighted by Crippen LogP contribution is 2.26. The molecule has 2 rings (SSSR count). The lowest BCUT2D eigenvalue weighted by atomic mass is 10.3. The molecule has 0 aliphatic rings. The summed E-state index contributed by atoms with van der Waals surface area (Å²) in [7, 11) is -2.21. The van der Waals surface area contributed by atoms with Crippen molar-refractivity contribution in [3.05, 3.63) is 47.4 Å². The Morgan fingerprint density at radius 3 is 2.74 bits per heavy atom. The summed E-state index contributed by atoms with van der Waals surface area (Å²) >= 11 is 5.93. The van der Waals surface area contributed by atoms with Crippen LogP contribution in [-0.2, 0) is 16.6 Å². The van der Waals surface area contributed by atoms with Gasteiger partial charge in [-0.25, -0.2) is 13.1 Å². The standard InChI is InChI=1S/C12H12ClNO4S/c1-17-9-4-5-12(11(13)7-9)19(15,16)14-8-10-3-2-6-18-10/h2-7,14H,8H2,1H3. The summed E-state index contributed by atoms with van der Waals surface area (Å²) < 4.78 is 36.6. The number of nitrogens with one attached hydrogen (secondary N) is 1. The van der Waals surface area contributed by atoms with Gasteiger partial charge >= 0.3 is 0 Å². The van der Waals surface area contributed by atoms with Crippen LogP contribution >= 0.6 is 11.6 Å². The maximum atomic E-state index is 12.1. The van der Waals surface area contributed by atoms with Gasteiger partial charge in [-0.3, -0.25) is 0 Å². The number of furan rings is 1. The summed E-state index contributed by atoms with van der Waals surface area (Å²) in [5.74, 6) is 1.02. The molecule has 1 heterocycles. The Morgan fingerprint density at radius 1 is 1.37 bits per heavy atom. The number of benzene rings is 1. The van der Waals surface area contributed by atoms with E-state index in [-0.39, 0.29) is 16.5 Å². The Labute approximate surface area is 116 Å². The van der Waals surface area contributed by atoms with Crippen molar-refractivity contribution in [2.24, 2.45) is 0 Å². The average molecular weight is 302 g/mol. The van der Waals surface area contributed by atoms with Gasteiger partial charge in [-0.15, -0.1) is 0 Å². The van der Waals surface area contributed by atoms with E-state index in [2.05, 4.69) is 4.72 Å². The summed E-state index contributed by atoms with van der Waals surface area (Å²) in [5.41, 5.74) is 0. The van der Waals surface area contributed by atoms with Gasteiger partial charge in [0.05, 0.1) is 24.9 Å². The van der Waals surface area contributed by atoms with Gasteiger partial charge in [-0.2, -0.15) is 0 Å². The van der Waals surface area contributed by atoms with Gasteiger partial charge in [0.15, 0.2) is 0 Å². The van der Waals surface area contributed by atoms with Gasteiger partial charge in [0.25, 0.3) is 0 Å². The predicted octanol–water partition coefficient (Wildman–Crippen LogP) is 2.42. The Bertz CT molecular complexity index is 652. The molecule has 0 aliphatic carbocycles. The minimum Gasteiger partial charge on any atom is -0.497 e. The van der Waals surface area contributed by atoms with Crippen molar-refractivity contribution in [1.82, 2.24) is 4.72 Å². The summed E-state index contributed by atoms with van der Waals surface area (Å²) in [6, 6.07) is 7.74. The molecule has 0 saturated heterocycles. The molecule has 7 heteroatoms. The van der Waals surface area contributed by atoms with Crippen molar-refractivity contribution in [1.29, 1.82) is 0 Å². The zero-order chi connectivity index (χ0) is 13.9. The molecule has 102 valence electrons. The second kappa shape index (κ2) is 5.64. The van der Waals surface area contributed by atoms with E-state index in [1.807, 2.05) is 0 Å². The lowest BCUT2D eigenvalue weighted by Crippen LogP contribution is -2.23. The fourth-order valence-corrected chi connectivity index (χ4v) is 3.01. The normalized spacial score (nSPS) is 11.5. The number of rotatable bonds is 5. The lowest BCUT2D eigenvalue weighted by molar-refractivity contribution is 0.414. The molecule has 19 heavy (non-hydrogen) atoms. The maximum Gasteiger partial charge on any atom is 0.242 e. The Hall–Kier alpha value is -1.50. The van der Waals surface area contributed by atoms with Crippen LogP contribution in [0.4, 0.5) is 0 Å². The maximum absolute atomic E-state index is 12.1. The molecule has 0 aliphatic heterocycles. The predicted molar refractivity (Wildman–Crippen MR) is 70.7 cm³/mol. The second-order valence-corrected chi connectivity index (χ2v) is 5.84. The largest absolute Gasteiger partial charge is 0.497 e. The molecule has 0 fully saturated rings. The number of hydrogen-bond acceptors (Lipinski definition) is 4. The van der Waals surface area contributed by atoms with Gasteiger partial charge in [0, 0.05) is 6.07 Å². The van der Waals surface area contributed by atoms with Crippen LogP contribution < -0.4 is 9.46 Å². The molecule has 1 aromatic carbocycles. The van der Waals surface area contributed by atoms with Crippen molar-refractivity contribution in [3.63, 3.8) is 0 Å². The van der Waals surface area contributed by atoms with Crippen LogP contribution in [0.1, 0.15) is 5.76 Å². The van der Waals surface area contributed by atoms with Crippen molar-refractivity contribution in [2.45, 2.75) is 11.4 Å². The molecule has 0 atom stereocenters. The van der Waals surface area contributed by atoms with Crippen LogP contribution in [-0.4, -0.2) is 15.5 Å². The lowest BCUT2D eigenvalue weighted by Gasteiger charge is -2.08. The Kier molecular flexibility index (Phi) is 4.14. The molecular formula is C12H12ClNO4S. The van der Waals surface area contributed by atoms with E-state index >= 15 is 0 Å². The Balaban J connectivity index is 2.19. The van der Waals surface area contributed by atoms with Gasteiger partial charge < -0.3 is 9.15 Å². The van der Waals surface area contributed by atoms with E-state index in [1.165, 1.54) is 31.6 Å². The van der Waals surface area contributed by atoms with Gasteiger partial charge in [0.1, 0.15) is 16.4 Å². The molecule has 5 nitrogen and oxygen atoms in total. The van der Waals surface area contributed by atoms with Gasteiger partial charge in [0.2, 0.25) is 10.0 Å². The minimum atomic E-state index is -3.69. The van der Waals surface area contributed by atoms with Crippen LogP contribution in [0.3, 0.4) is 0 Å². The van der Waals surface area contributed by atoms with E-state index in [9.17, 15) is 8.42 Å². The molecule has 2 aromatic rings. The number of sulfonamides is 1. The fraction of sp³-hybridized carbons (Fsp3) is 0.167. The molecule has 0 bridgehead atoms. The van der Waals surface area contributed by atoms with Crippen LogP contribution in [0.15, 0.2) is 45.9 Å². The van der Waals surface area contributed by atoms with E-state index < -0.39 is 10.0 Å². The van der Waals surface area contributed by atoms with Crippen molar-refractivity contribution in [3.8, 4) is 5.75 Å². The zero-order valence-corrected chi connectivity index (χ0v) is 11.7. The van der Waals surface area contributed by atoms with Crippen LogP contribution in [0.2, 0.25) is 5.02 Å². The van der Waals surface area contributed by atoms with Gasteiger partial charge in [-0.05, 0) is 24.3 Å². The first-order valence-electron chi connectivity index (χ1n) is 5.38. The molecule has 0 spiro atoms. The van der Waals surface area contributed by atoms with Crippen molar-refractivity contribution in [2.75, 3.05) is 7.11 Å². The third-order valence-electron chi connectivity index (χ3n) is 2.45. The SMILES string of the molecule is COc1ccc(S(=O)(=O)NCc2ccco2)c(Cl)c1. The van der Waals surface area contributed by atoms with E-state index in [0.29, 0.717) is 11.5 Å². The summed E-state index contributed by atoms with van der Waals surface area (Å²) in [4.78, 5) is 0.00141. The first-order chi connectivity index (χ1) is 9.03. The van der Waals surface area contributed by atoms with Crippen LogP contribution in [0, 0.1) is 0 Å². The summed E-state index contributed by atoms with van der Waals surface area (Å²) in [5, 5.41) is 0.103. The summed E-state index contributed by atoms with van der Waals surface area (Å²) in [6.45, 7) is 0.0672. The van der Waals surface area contributed by atoms with Crippen LogP contribution in [0.5, 0.6) is 5.75 Å². The molecular weight excluding hydrogens is 290 g/mol. The number of hydrogen-bond donors (Lipinski definition) is 1. The highest BCUT2D eigenvalue weighted by atomic mass is 35.5. The highest BCUT2D eigenvalue weighted by molar-refractivity contribution is 7.89. The first-order valence-corrected chi connectivity index (χ1v) is 7.24. The molecule has 0 unspecified atom stereocenters. The zero-order valence-electron chi connectivity index (χ0n) is 10.1. The third-order valence-corrected chi connectivity index (χ3v) is 4.33. The first kappa shape index (κ1) is 13.9. The fourth-order valence-electron chi connectivity index (χ4n) is 1.48. The van der Waals surface area contributed by atoms with E-state index in [4.69, 9.17) is 20.8 Å².